The summed E-state index contributed by atoms with van der Waals surface area (Å²) >= 11 is 5.92. The van der Waals surface area contributed by atoms with Gasteiger partial charge >= 0.3 is 0 Å². The third-order valence-electron chi connectivity index (χ3n) is 3.59. The van der Waals surface area contributed by atoms with Gasteiger partial charge in [-0.1, -0.05) is 17.7 Å². The lowest BCUT2D eigenvalue weighted by molar-refractivity contribution is 0.0506. The van der Waals surface area contributed by atoms with E-state index in [1.165, 1.54) is 4.31 Å². The second-order valence-corrected chi connectivity index (χ2v) is 7.29. The minimum absolute atomic E-state index is 0.0526. The number of hydrogen-bond acceptors (Lipinski definition) is 3. The molecule has 2 rings (SSSR count). The van der Waals surface area contributed by atoms with Crippen molar-refractivity contribution in [1.29, 1.82) is 0 Å². The van der Waals surface area contributed by atoms with Crippen LogP contribution in [-0.4, -0.2) is 44.4 Å². The molecule has 1 aromatic carbocycles. The average molecular weight is 318 g/mol. The molecule has 1 aliphatic rings. The van der Waals surface area contributed by atoms with E-state index in [0.717, 1.165) is 5.56 Å². The summed E-state index contributed by atoms with van der Waals surface area (Å²) in [6.45, 7) is 5.20. The van der Waals surface area contributed by atoms with Crippen molar-refractivity contribution in [3.8, 4) is 0 Å². The Kier molecular flexibility index (Phi) is 5.07. The fraction of sp³-hybridized carbons (Fsp3) is 0.571. The van der Waals surface area contributed by atoms with Crippen molar-refractivity contribution in [2.24, 2.45) is 5.92 Å². The van der Waals surface area contributed by atoms with Gasteiger partial charge in [0.05, 0.1) is 11.0 Å². The molecule has 0 saturated carbocycles. The fourth-order valence-corrected chi connectivity index (χ4v) is 4.22. The lowest BCUT2D eigenvalue weighted by Gasteiger charge is -2.16. The first-order chi connectivity index (χ1) is 9.48. The molecule has 1 saturated heterocycles. The van der Waals surface area contributed by atoms with Crippen molar-refractivity contribution >= 4 is 21.6 Å². The SMILES string of the molecule is CCOC1CN(S(=O)(=O)c2ccc(C)cc2)CC1CCl. The van der Waals surface area contributed by atoms with Gasteiger partial charge < -0.3 is 4.74 Å². The standard InChI is InChI=1S/C14H20ClNO3S/c1-3-19-14-10-16(9-12(14)8-15)20(17,18)13-6-4-11(2)5-7-13/h4-7,12,14H,3,8-10H2,1-2H3. The molecular weight excluding hydrogens is 298 g/mol. The first kappa shape index (κ1) is 15.8. The highest BCUT2D eigenvalue weighted by atomic mass is 35.5. The third-order valence-corrected chi connectivity index (χ3v) is 5.83. The first-order valence-corrected chi connectivity index (χ1v) is 8.71. The zero-order valence-electron chi connectivity index (χ0n) is 11.8. The Balaban J connectivity index is 2.20. The summed E-state index contributed by atoms with van der Waals surface area (Å²) in [6.07, 6.45) is -0.113. The van der Waals surface area contributed by atoms with E-state index in [0.29, 0.717) is 30.5 Å². The quantitative estimate of drug-likeness (QED) is 0.783. The van der Waals surface area contributed by atoms with Crippen LogP contribution < -0.4 is 0 Å². The number of benzene rings is 1. The van der Waals surface area contributed by atoms with Crippen molar-refractivity contribution < 1.29 is 13.2 Å². The lowest BCUT2D eigenvalue weighted by atomic mass is 10.1. The van der Waals surface area contributed by atoms with Gasteiger partial charge in [-0.25, -0.2) is 8.42 Å². The van der Waals surface area contributed by atoms with Crippen LogP contribution in [0.1, 0.15) is 12.5 Å². The fourth-order valence-electron chi connectivity index (χ4n) is 2.41. The highest BCUT2D eigenvalue weighted by Crippen LogP contribution is 2.27. The predicted octanol–water partition coefficient (Wildman–Crippen LogP) is 2.26. The van der Waals surface area contributed by atoms with Crippen molar-refractivity contribution in [3.05, 3.63) is 29.8 Å². The average Bonchev–Trinajstić information content (AvgIpc) is 2.83. The molecule has 1 aromatic rings. The van der Waals surface area contributed by atoms with Gasteiger partial charge in [0.25, 0.3) is 0 Å². The highest BCUT2D eigenvalue weighted by molar-refractivity contribution is 7.89. The van der Waals surface area contributed by atoms with E-state index in [4.69, 9.17) is 16.3 Å². The molecule has 1 heterocycles. The minimum atomic E-state index is -3.46. The van der Waals surface area contributed by atoms with Crippen LogP contribution in [0, 0.1) is 12.8 Å². The minimum Gasteiger partial charge on any atom is -0.377 e. The van der Waals surface area contributed by atoms with Gasteiger partial charge in [-0.15, -0.1) is 11.6 Å². The topological polar surface area (TPSA) is 46.6 Å². The Morgan fingerprint density at radius 2 is 1.95 bits per heavy atom. The molecule has 0 radical (unpaired) electrons. The van der Waals surface area contributed by atoms with Gasteiger partial charge in [-0.2, -0.15) is 4.31 Å². The van der Waals surface area contributed by atoms with Crippen LogP contribution in [0.2, 0.25) is 0 Å². The van der Waals surface area contributed by atoms with Gasteiger partial charge in [0.1, 0.15) is 0 Å². The van der Waals surface area contributed by atoms with Gasteiger partial charge in [0.2, 0.25) is 10.0 Å². The van der Waals surface area contributed by atoms with E-state index >= 15 is 0 Å². The predicted molar refractivity (Wildman–Crippen MR) is 79.6 cm³/mol. The number of alkyl halides is 1. The van der Waals surface area contributed by atoms with Crippen LogP contribution in [-0.2, 0) is 14.8 Å². The molecule has 0 aromatic heterocycles. The molecule has 0 spiro atoms. The lowest BCUT2D eigenvalue weighted by Crippen LogP contribution is -2.30. The largest absolute Gasteiger partial charge is 0.377 e. The Bertz CT molecular complexity index is 544. The van der Waals surface area contributed by atoms with Crippen LogP contribution in [0.25, 0.3) is 0 Å². The Hall–Kier alpha value is -0.620. The molecule has 0 amide bonds. The molecule has 112 valence electrons. The normalized spacial score (nSPS) is 24.1. The van der Waals surface area contributed by atoms with Gasteiger partial charge in [-0.05, 0) is 26.0 Å². The Morgan fingerprint density at radius 3 is 2.50 bits per heavy atom. The smallest absolute Gasteiger partial charge is 0.243 e. The maximum absolute atomic E-state index is 12.6. The molecule has 2 unspecified atom stereocenters. The van der Waals surface area contributed by atoms with Crippen LogP contribution in [0.5, 0.6) is 0 Å². The molecule has 0 aliphatic carbocycles. The van der Waals surface area contributed by atoms with E-state index in [1.807, 2.05) is 26.0 Å². The third kappa shape index (κ3) is 3.17. The Morgan fingerprint density at radius 1 is 1.30 bits per heavy atom. The molecule has 0 N–H and O–H groups in total. The van der Waals surface area contributed by atoms with Gasteiger partial charge in [-0.3, -0.25) is 0 Å². The molecule has 6 heteroatoms. The number of nitrogens with zero attached hydrogens (tertiary/aromatic N) is 1. The number of aryl methyl sites for hydroxylation is 1. The maximum Gasteiger partial charge on any atom is 0.243 e. The highest BCUT2D eigenvalue weighted by Gasteiger charge is 2.39. The Labute approximate surface area is 125 Å². The number of rotatable bonds is 5. The van der Waals surface area contributed by atoms with Crippen molar-refractivity contribution in [2.45, 2.75) is 24.8 Å². The van der Waals surface area contributed by atoms with Crippen molar-refractivity contribution in [3.63, 3.8) is 0 Å². The number of hydrogen-bond donors (Lipinski definition) is 0. The van der Waals surface area contributed by atoms with Gasteiger partial charge in [0.15, 0.2) is 0 Å². The van der Waals surface area contributed by atoms with E-state index < -0.39 is 10.0 Å². The van der Waals surface area contributed by atoms with Crippen LogP contribution in [0.15, 0.2) is 29.2 Å². The van der Waals surface area contributed by atoms with Gasteiger partial charge in [0, 0.05) is 31.5 Å². The molecule has 20 heavy (non-hydrogen) atoms. The van der Waals surface area contributed by atoms with Crippen molar-refractivity contribution in [2.75, 3.05) is 25.6 Å². The molecular formula is C14H20ClNO3S. The summed E-state index contributed by atoms with van der Waals surface area (Å²) < 4.78 is 32.2. The van der Waals surface area contributed by atoms with E-state index in [-0.39, 0.29) is 12.0 Å². The molecule has 0 bridgehead atoms. The van der Waals surface area contributed by atoms with Crippen LogP contribution >= 0.6 is 11.6 Å². The summed E-state index contributed by atoms with van der Waals surface area (Å²) in [6, 6.07) is 6.91. The summed E-state index contributed by atoms with van der Waals surface area (Å²) in [5, 5.41) is 0. The zero-order valence-corrected chi connectivity index (χ0v) is 13.3. The molecule has 1 fully saturated rings. The summed E-state index contributed by atoms with van der Waals surface area (Å²) in [5.41, 5.74) is 1.04. The van der Waals surface area contributed by atoms with E-state index in [2.05, 4.69) is 0 Å². The van der Waals surface area contributed by atoms with Crippen molar-refractivity contribution in [1.82, 2.24) is 4.31 Å². The molecule has 4 nitrogen and oxygen atoms in total. The van der Waals surface area contributed by atoms with E-state index in [1.54, 1.807) is 12.1 Å². The summed E-state index contributed by atoms with van der Waals surface area (Å²) in [7, 11) is -3.46. The number of halogens is 1. The second-order valence-electron chi connectivity index (χ2n) is 5.04. The van der Waals surface area contributed by atoms with E-state index in [9.17, 15) is 8.42 Å². The summed E-state index contributed by atoms with van der Waals surface area (Å²) in [4.78, 5) is 0.327. The summed E-state index contributed by atoms with van der Waals surface area (Å²) in [5.74, 6) is 0.460. The molecule has 2 atom stereocenters. The number of ether oxygens (including phenoxy) is 1. The maximum atomic E-state index is 12.6. The second kappa shape index (κ2) is 6.43. The monoisotopic (exact) mass is 317 g/mol. The van der Waals surface area contributed by atoms with Crippen LogP contribution in [0.4, 0.5) is 0 Å². The van der Waals surface area contributed by atoms with Crippen LogP contribution in [0.3, 0.4) is 0 Å². The molecule has 1 aliphatic heterocycles. The number of sulfonamides is 1. The zero-order chi connectivity index (χ0) is 14.8. The first-order valence-electron chi connectivity index (χ1n) is 6.73.